The first-order valence-corrected chi connectivity index (χ1v) is 5.64. The van der Waals surface area contributed by atoms with E-state index in [1.54, 1.807) is 4.90 Å². The molecule has 0 aromatic rings. The molecule has 90 valence electrons. The summed E-state index contributed by atoms with van der Waals surface area (Å²) in [7, 11) is 0. The normalized spacial score (nSPS) is 28.9. The van der Waals surface area contributed by atoms with E-state index in [4.69, 9.17) is 4.74 Å². The Morgan fingerprint density at radius 2 is 2.19 bits per heavy atom. The van der Waals surface area contributed by atoms with E-state index in [9.17, 15) is 9.59 Å². The van der Waals surface area contributed by atoms with Crippen LogP contribution in [0.4, 0.5) is 4.79 Å². The van der Waals surface area contributed by atoms with Gasteiger partial charge in [-0.25, -0.2) is 4.79 Å². The van der Waals surface area contributed by atoms with Gasteiger partial charge in [-0.15, -0.1) is 0 Å². The van der Waals surface area contributed by atoms with Crippen molar-refractivity contribution in [2.75, 3.05) is 6.54 Å². The Labute approximate surface area is 95.1 Å². The van der Waals surface area contributed by atoms with Gasteiger partial charge in [0.2, 0.25) is 5.91 Å². The Kier molecular flexibility index (Phi) is 2.56. The Balaban J connectivity index is 2.01. The maximum atomic E-state index is 11.9. The van der Waals surface area contributed by atoms with Gasteiger partial charge in [-0.1, -0.05) is 0 Å². The molecule has 2 aliphatic heterocycles. The lowest BCUT2D eigenvalue weighted by Gasteiger charge is -2.27. The Hall–Kier alpha value is -1.26. The molecule has 0 saturated carbocycles. The highest BCUT2D eigenvalue weighted by Crippen LogP contribution is 2.26. The van der Waals surface area contributed by atoms with Crippen molar-refractivity contribution in [1.82, 2.24) is 10.2 Å². The van der Waals surface area contributed by atoms with Crippen LogP contribution in [0.25, 0.3) is 0 Å². The Morgan fingerprint density at radius 3 is 2.81 bits per heavy atom. The van der Waals surface area contributed by atoms with Crippen LogP contribution in [0.3, 0.4) is 0 Å². The molecule has 2 unspecified atom stereocenters. The van der Waals surface area contributed by atoms with Gasteiger partial charge in [0.25, 0.3) is 0 Å². The fourth-order valence-corrected chi connectivity index (χ4v) is 2.26. The van der Waals surface area contributed by atoms with Crippen LogP contribution in [0.5, 0.6) is 0 Å². The summed E-state index contributed by atoms with van der Waals surface area (Å²) in [5, 5.41) is 2.87. The first-order chi connectivity index (χ1) is 7.35. The highest BCUT2D eigenvalue weighted by Gasteiger charge is 2.42. The van der Waals surface area contributed by atoms with E-state index in [2.05, 4.69) is 5.32 Å². The SMILES string of the molecule is CC(C)(C)OC(=O)N1CC2CC1CC(=O)N2. The molecule has 16 heavy (non-hydrogen) atoms. The minimum Gasteiger partial charge on any atom is -0.444 e. The van der Waals surface area contributed by atoms with E-state index in [1.165, 1.54) is 0 Å². The van der Waals surface area contributed by atoms with E-state index >= 15 is 0 Å². The van der Waals surface area contributed by atoms with Gasteiger partial charge in [0.1, 0.15) is 5.60 Å². The fraction of sp³-hybridized carbons (Fsp3) is 0.818. The first-order valence-electron chi connectivity index (χ1n) is 5.64. The highest BCUT2D eigenvalue weighted by molar-refractivity contribution is 5.80. The smallest absolute Gasteiger partial charge is 0.410 e. The highest BCUT2D eigenvalue weighted by atomic mass is 16.6. The van der Waals surface area contributed by atoms with E-state index in [0.717, 1.165) is 6.42 Å². The molecule has 2 bridgehead atoms. The monoisotopic (exact) mass is 226 g/mol. The Morgan fingerprint density at radius 1 is 1.50 bits per heavy atom. The number of amides is 2. The summed E-state index contributed by atoms with van der Waals surface area (Å²) in [6.45, 7) is 6.11. The molecule has 0 aromatic heterocycles. The molecule has 2 saturated heterocycles. The van der Waals surface area contributed by atoms with E-state index in [-0.39, 0.29) is 24.1 Å². The number of nitrogens with one attached hydrogen (secondary N) is 1. The maximum Gasteiger partial charge on any atom is 0.410 e. The Bertz CT molecular complexity index is 322. The summed E-state index contributed by atoms with van der Waals surface area (Å²) in [6, 6.07) is 0.132. The van der Waals surface area contributed by atoms with Gasteiger partial charge < -0.3 is 15.0 Å². The van der Waals surface area contributed by atoms with Gasteiger partial charge in [0.05, 0.1) is 0 Å². The topological polar surface area (TPSA) is 58.6 Å². The molecule has 5 heteroatoms. The van der Waals surface area contributed by atoms with Crippen molar-refractivity contribution in [3.8, 4) is 0 Å². The summed E-state index contributed by atoms with van der Waals surface area (Å²) < 4.78 is 5.31. The second-order valence-corrected chi connectivity index (χ2v) is 5.49. The summed E-state index contributed by atoms with van der Waals surface area (Å²) in [5.41, 5.74) is -0.481. The second kappa shape index (κ2) is 3.64. The molecule has 0 radical (unpaired) electrons. The summed E-state index contributed by atoms with van der Waals surface area (Å²) in [5.74, 6) is 0.0345. The van der Waals surface area contributed by atoms with Crippen LogP contribution in [-0.4, -0.2) is 41.1 Å². The number of piperidine rings is 1. The minimum atomic E-state index is -0.481. The molecule has 2 fully saturated rings. The van der Waals surface area contributed by atoms with Crippen LogP contribution in [0.1, 0.15) is 33.6 Å². The molecule has 2 aliphatic rings. The number of hydrogen-bond acceptors (Lipinski definition) is 3. The van der Waals surface area contributed by atoms with Crippen molar-refractivity contribution in [1.29, 1.82) is 0 Å². The van der Waals surface area contributed by atoms with Crippen molar-refractivity contribution in [2.24, 2.45) is 0 Å². The van der Waals surface area contributed by atoms with Crippen molar-refractivity contribution in [3.63, 3.8) is 0 Å². The van der Waals surface area contributed by atoms with Gasteiger partial charge in [-0.05, 0) is 27.2 Å². The number of carbonyl (C=O) groups is 2. The van der Waals surface area contributed by atoms with Crippen LogP contribution in [0.2, 0.25) is 0 Å². The predicted molar refractivity (Wildman–Crippen MR) is 57.9 cm³/mol. The molecule has 2 heterocycles. The van der Waals surface area contributed by atoms with E-state index in [0.29, 0.717) is 13.0 Å². The van der Waals surface area contributed by atoms with Crippen molar-refractivity contribution >= 4 is 12.0 Å². The third kappa shape index (κ3) is 2.28. The summed E-state index contributed by atoms with van der Waals surface area (Å²) in [6.07, 6.45) is 0.942. The summed E-state index contributed by atoms with van der Waals surface area (Å²) in [4.78, 5) is 24.8. The van der Waals surface area contributed by atoms with Crippen LogP contribution in [-0.2, 0) is 9.53 Å². The van der Waals surface area contributed by atoms with E-state index < -0.39 is 5.60 Å². The van der Waals surface area contributed by atoms with Crippen LogP contribution in [0.15, 0.2) is 0 Å². The molecule has 2 atom stereocenters. The molecule has 2 amide bonds. The van der Waals surface area contributed by atoms with Crippen molar-refractivity contribution in [2.45, 2.75) is 51.3 Å². The third-order valence-electron chi connectivity index (χ3n) is 2.83. The lowest BCUT2D eigenvalue weighted by Crippen LogP contribution is -2.41. The van der Waals surface area contributed by atoms with E-state index in [1.807, 2.05) is 20.8 Å². The fourth-order valence-electron chi connectivity index (χ4n) is 2.26. The zero-order valence-electron chi connectivity index (χ0n) is 9.95. The van der Waals surface area contributed by atoms with Crippen LogP contribution < -0.4 is 5.32 Å². The number of carbonyl (C=O) groups excluding carboxylic acids is 2. The third-order valence-corrected chi connectivity index (χ3v) is 2.83. The van der Waals surface area contributed by atoms with Crippen LogP contribution in [0, 0.1) is 0 Å². The molecule has 2 rings (SSSR count). The molecule has 0 aromatic carbocycles. The van der Waals surface area contributed by atoms with Gasteiger partial charge in [0, 0.05) is 25.0 Å². The molecule has 1 N–H and O–H groups in total. The van der Waals surface area contributed by atoms with Crippen LogP contribution >= 0.6 is 0 Å². The number of hydrogen-bond donors (Lipinski definition) is 1. The lowest BCUT2D eigenvalue weighted by molar-refractivity contribution is -0.123. The standard InChI is InChI=1S/C11H18N2O3/c1-11(2,3)16-10(15)13-6-7-4-8(13)5-9(14)12-7/h7-8H,4-6H2,1-3H3,(H,12,14). The van der Waals surface area contributed by atoms with Gasteiger partial charge in [-0.3, -0.25) is 4.79 Å². The quantitative estimate of drug-likeness (QED) is 0.667. The largest absolute Gasteiger partial charge is 0.444 e. The molecule has 5 nitrogen and oxygen atoms in total. The van der Waals surface area contributed by atoms with Crippen molar-refractivity contribution in [3.05, 3.63) is 0 Å². The van der Waals surface area contributed by atoms with Crippen molar-refractivity contribution < 1.29 is 14.3 Å². The molecular formula is C11H18N2O3. The van der Waals surface area contributed by atoms with Gasteiger partial charge >= 0.3 is 6.09 Å². The number of nitrogens with zero attached hydrogens (tertiary/aromatic N) is 1. The van der Waals surface area contributed by atoms with Gasteiger partial charge in [-0.2, -0.15) is 0 Å². The number of rotatable bonds is 0. The minimum absolute atomic E-state index is 0.0219. The zero-order valence-corrected chi connectivity index (χ0v) is 9.95. The average Bonchev–Trinajstić information content (AvgIpc) is 2.38. The molecular weight excluding hydrogens is 208 g/mol. The molecule has 0 aliphatic carbocycles. The number of ether oxygens (including phenoxy) is 1. The first kappa shape index (κ1) is 11.2. The summed E-state index contributed by atoms with van der Waals surface area (Å²) >= 11 is 0. The predicted octanol–water partition coefficient (Wildman–Crippen LogP) is 0.884. The van der Waals surface area contributed by atoms with Gasteiger partial charge in [0.15, 0.2) is 0 Å². The number of likely N-dealkylation sites (tertiary alicyclic amines) is 1. The zero-order chi connectivity index (χ0) is 11.9. The second-order valence-electron chi connectivity index (χ2n) is 5.49. The lowest BCUT2D eigenvalue weighted by atomic mass is 10.0. The average molecular weight is 226 g/mol. The molecule has 0 spiro atoms. The maximum absolute atomic E-state index is 11.9. The number of fused-ring (bicyclic) bond motifs is 2.